The topological polar surface area (TPSA) is 105 Å². The summed E-state index contributed by atoms with van der Waals surface area (Å²) in [5, 5.41) is 8.52. The number of aromatic amines is 1. The molecule has 0 bridgehead atoms. The van der Waals surface area contributed by atoms with Crippen molar-refractivity contribution in [3.8, 4) is 0 Å². The molecule has 3 aromatic rings. The van der Waals surface area contributed by atoms with Gasteiger partial charge in [0.25, 0.3) is 10.0 Å². The molecule has 2 aromatic heterocycles. The van der Waals surface area contributed by atoms with E-state index in [1.807, 2.05) is 0 Å². The molecule has 1 aliphatic carbocycles. The van der Waals surface area contributed by atoms with Crippen molar-refractivity contribution in [2.45, 2.75) is 9.37 Å². The van der Waals surface area contributed by atoms with Gasteiger partial charge in [0, 0.05) is 11.1 Å². The summed E-state index contributed by atoms with van der Waals surface area (Å²) in [6.07, 6.45) is 2.81. The number of thioether (sulfide) groups is 1. The summed E-state index contributed by atoms with van der Waals surface area (Å²) in [5.41, 5.74) is 1.10. The van der Waals surface area contributed by atoms with Crippen molar-refractivity contribution in [2.75, 3.05) is 0 Å². The van der Waals surface area contributed by atoms with Crippen LogP contribution in [0.15, 0.2) is 72.9 Å². The maximum absolute atomic E-state index is 12.7. The van der Waals surface area contributed by atoms with Gasteiger partial charge in [-0.1, -0.05) is 30.3 Å². The molecular formula is C16H10N4O3S3. The maximum atomic E-state index is 12.7. The maximum Gasteiger partial charge on any atom is 0.292 e. The Balaban J connectivity index is 1.84. The van der Waals surface area contributed by atoms with E-state index < -0.39 is 10.0 Å². The number of aromatic nitrogens is 3. The fourth-order valence-corrected chi connectivity index (χ4v) is 5.13. The Morgan fingerprint density at radius 2 is 1.92 bits per heavy atom. The van der Waals surface area contributed by atoms with Crippen LogP contribution in [0, 0.1) is 0 Å². The van der Waals surface area contributed by atoms with Gasteiger partial charge in [-0.15, -0.1) is 11.3 Å². The number of H-pyrrole nitrogens is 1. The second kappa shape index (κ2) is 6.63. The highest BCUT2D eigenvalue weighted by molar-refractivity contribution is 8.04. The molecule has 0 aliphatic heterocycles. The van der Waals surface area contributed by atoms with E-state index >= 15 is 0 Å². The van der Waals surface area contributed by atoms with Crippen molar-refractivity contribution < 1.29 is 13.2 Å². The largest absolute Gasteiger partial charge is 0.292 e. The van der Waals surface area contributed by atoms with E-state index in [2.05, 4.69) is 19.6 Å². The summed E-state index contributed by atoms with van der Waals surface area (Å²) in [6, 6.07) is 9.95. The van der Waals surface area contributed by atoms with Crippen LogP contribution in [0.4, 0.5) is 0 Å². The fourth-order valence-electron chi connectivity index (χ4n) is 2.39. The summed E-state index contributed by atoms with van der Waals surface area (Å²) in [5.74, 6) is -0.213. The van der Waals surface area contributed by atoms with E-state index in [-0.39, 0.29) is 15.7 Å². The van der Waals surface area contributed by atoms with Crippen LogP contribution in [0.5, 0.6) is 0 Å². The number of sulfonamides is 1. The lowest BCUT2D eigenvalue weighted by molar-refractivity contribution is 0.104. The first-order valence-corrected chi connectivity index (χ1v) is 10.5. The van der Waals surface area contributed by atoms with Gasteiger partial charge in [0.2, 0.25) is 5.78 Å². The average Bonchev–Trinajstić information content (AvgIpc) is 3.33. The number of ketones is 1. The molecule has 4 rings (SSSR count). The number of thiophene rings is 1. The molecule has 0 fully saturated rings. The summed E-state index contributed by atoms with van der Waals surface area (Å²) in [7, 11) is -3.86. The number of rotatable bonds is 4. The number of hydrogen-bond donors (Lipinski definition) is 1. The second-order valence-electron chi connectivity index (χ2n) is 5.16. The van der Waals surface area contributed by atoms with E-state index in [9.17, 15) is 13.2 Å². The van der Waals surface area contributed by atoms with Gasteiger partial charge in [-0.2, -0.15) is 17.9 Å². The Morgan fingerprint density at radius 3 is 2.62 bits per heavy atom. The van der Waals surface area contributed by atoms with Crippen molar-refractivity contribution in [2.24, 2.45) is 4.40 Å². The molecule has 0 amide bonds. The molecule has 10 heteroatoms. The average molecular weight is 402 g/mol. The smallest absolute Gasteiger partial charge is 0.288 e. The van der Waals surface area contributed by atoms with Gasteiger partial charge in [0.05, 0.1) is 10.6 Å². The molecule has 26 heavy (non-hydrogen) atoms. The number of nitrogens with zero attached hydrogens (tertiary/aromatic N) is 3. The Labute approximate surface area is 157 Å². The summed E-state index contributed by atoms with van der Waals surface area (Å²) in [6.45, 7) is 0. The first-order valence-electron chi connectivity index (χ1n) is 7.32. The Hall–Kier alpha value is -2.56. The molecule has 0 saturated carbocycles. The van der Waals surface area contributed by atoms with E-state index in [0.29, 0.717) is 21.2 Å². The third-order valence-corrected chi connectivity index (χ3v) is 7.08. The zero-order valence-corrected chi connectivity index (χ0v) is 15.4. The van der Waals surface area contributed by atoms with Crippen molar-refractivity contribution in [3.05, 3.63) is 70.2 Å². The minimum absolute atomic E-state index is 0.150. The number of benzene rings is 1. The number of carbonyl (C=O) groups is 1. The number of allylic oxidation sites excluding steroid dienone is 2. The molecule has 1 aromatic carbocycles. The summed E-state index contributed by atoms with van der Waals surface area (Å²) in [4.78, 5) is 17.0. The van der Waals surface area contributed by atoms with Crippen molar-refractivity contribution >= 4 is 44.6 Å². The van der Waals surface area contributed by atoms with Gasteiger partial charge in [-0.25, -0.2) is 4.98 Å². The first kappa shape index (κ1) is 16.9. The van der Waals surface area contributed by atoms with E-state index in [1.54, 1.807) is 35.7 Å². The zero-order valence-electron chi connectivity index (χ0n) is 13.0. The molecule has 0 radical (unpaired) electrons. The number of carbonyl (C=O) groups excluding carboxylic acids is 1. The zero-order chi connectivity index (χ0) is 18.1. The van der Waals surface area contributed by atoms with Gasteiger partial charge in [-0.05, 0) is 29.3 Å². The van der Waals surface area contributed by atoms with Gasteiger partial charge in [-0.3, -0.25) is 9.89 Å². The monoisotopic (exact) mass is 402 g/mol. The quantitative estimate of drug-likeness (QED) is 0.719. The standard InChI is InChI=1S/C16H10N4O3S3/c21-15-11-5-2-1-4-10(11)12(8-13(15)25-16-17-9-18-19-16)20-26(22,23)14-6-3-7-24-14/h1-9H,(H,17,18,19)/b20-12+. The SMILES string of the molecule is O=C1C(Sc2ncn[nH]2)=C/C(=N\S(=O)(=O)c2cccs2)c2ccccc21. The van der Waals surface area contributed by atoms with Crippen LogP contribution in [-0.2, 0) is 10.0 Å². The molecule has 0 atom stereocenters. The van der Waals surface area contributed by atoms with Crippen LogP contribution >= 0.6 is 23.1 Å². The van der Waals surface area contributed by atoms with Crippen LogP contribution in [0.2, 0.25) is 0 Å². The van der Waals surface area contributed by atoms with E-state index in [4.69, 9.17) is 0 Å². The van der Waals surface area contributed by atoms with E-state index in [0.717, 1.165) is 23.1 Å². The number of Topliss-reactive ketones (excluding diaryl/α,β-unsaturated/α-hetero) is 1. The molecule has 1 aliphatic rings. The highest BCUT2D eigenvalue weighted by Gasteiger charge is 2.27. The summed E-state index contributed by atoms with van der Waals surface area (Å²) >= 11 is 2.17. The number of fused-ring (bicyclic) bond motifs is 1. The van der Waals surface area contributed by atoms with Gasteiger partial charge >= 0.3 is 0 Å². The fraction of sp³-hybridized carbons (Fsp3) is 0. The van der Waals surface area contributed by atoms with Gasteiger partial charge in [0.15, 0.2) is 5.16 Å². The third-order valence-electron chi connectivity index (χ3n) is 3.51. The second-order valence-corrected chi connectivity index (χ2v) is 8.97. The first-order chi connectivity index (χ1) is 12.5. The molecule has 7 nitrogen and oxygen atoms in total. The number of hydrogen-bond acceptors (Lipinski definition) is 7. The Kier molecular flexibility index (Phi) is 4.31. The number of nitrogens with one attached hydrogen (secondary N) is 1. The molecule has 0 saturated heterocycles. The predicted molar refractivity (Wildman–Crippen MR) is 99.1 cm³/mol. The van der Waals surface area contributed by atoms with Crippen LogP contribution in [0.1, 0.15) is 15.9 Å². The molecule has 1 N–H and O–H groups in total. The Bertz CT molecular complexity index is 1130. The van der Waals surface area contributed by atoms with Crippen LogP contribution in [-0.4, -0.2) is 35.1 Å². The highest BCUT2D eigenvalue weighted by atomic mass is 32.2. The lowest BCUT2D eigenvalue weighted by atomic mass is 9.94. The normalized spacial score (nSPS) is 15.8. The van der Waals surface area contributed by atoms with Crippen LogP contribution in [0.25, 0.3) is 0 Å². The molecule has 130 valence electrons. The Morgan fingerprint density at radius 1 is 1.12 bits per heavy atom. The van der Waals surface area contributed by atoms with Gasteiger partial charge in [0.1, 0.15) is 10.5 Å². The predicted octanol–water partition coefficient (Wildman–Crippen LogP) is 2.92. The highest BCUT2D eigenvalue weighted by Crippen LogP contribution is 2.32. The lowest BCUT2D eigenvalue weighted by Crippen LogP contribution is -2.17. The van der Waals surface area contributed by atoms with Crippen molar-refractivity contribution in [1.82, 2.24) is 15.2 Å². The third kappa shape index (κ3) is 3.14. The molecule has 2 heterocycles. The van der Waals surface area contributed by atoms with Crippen LogP contribution in [0.3, 0.4) is 0 Å². The lowest BCUT2D eigenvalue weighted by Gasteiger charge is -2.16. The van der Waals surface area contributed by atoms with Crippen LogP contribution < -0.4 is 0 Å². The van der Waals surface area contributed by atoms with Crippen molar-refractivity contribution in [1.29, 1.82) is 0 Å². The van der Waals surface area contributed by atoms with Gasteiger partial charge < -0.3 is 0 Å². The summed E-state index contributed by atoms with van der Waals surface area (Å²) < 4.78 is 29.2. The molecule has 0 unspecified atom stereocenters. The van der Waals surface area contributed by atoms with Crippen molar-refractivity contribution in [3.63, 3.8) is 0 Å². The minimum atomic E-state index is -3.86. The minimum Gasteiger partial charge on any atom is -0.288 e. The van der Waals surface area contributed by atoms with E-state index in [1.165, 1.54) is 18.5 Å². The molecular weight excluding hydrogens is 392 g/mol. The molecule has 0 spiro atoms.